The number of benzene rings is 2. The quantitative estimate of drug-likeness (QED) is 0.919. The molecule has 0 spiro atoms. The van der Waals surface area contributed by atoms with Gasteiger partial charge in [-0.3, -0.25) is 4.79 Å². The number of hydrogen-bond donors (Lipinski definition) is 1. The van der Waals surface area contributed by atoms with E-state index in [1.54, 1.807) is 18.2 Å². The summed E-state index contributed by atoms with van der Waals surface area (Å²) >= 11 is 6.01. The molecule has 2 aromatic rings. The highest BCUT2D eigenvalue weighted by molar-refractivity contribution is 6.32. The van der Waals surface area contributed by atoms with Gasteiger partial charge in [0.15, 0.2) is 0 Å². The molecule has 1 N–H and O–H groups in total. The van der Waals surface area contributed by atoms with Gasteiger partial charge >= 0.3 is 0 Å². The van der Waals surface area contributed by atoms with E-state index in [2.05, 4.69) is 29.3 Å². The summed E-state index contributed by atoms with van der Waals surface area (Å²) in [5.74, 6) is -0.0978. The van der Waals surface area contributed by atoms with Crippen molar-refractivity contribution < 1.29 is 4.79 Å². The number of nitriles is 1. The number of rotatable bonds is 3. The molecule has 122 valence electrons. The van der Waals surface area contributed by atoms with Gasteiger partial charge in [0.1, 0.15) is 6.07 Å². The normalized spacial score (nSPS) is 16.2. The molecule has 0 unspecified atom stereocenters. The van der Waals surface area contributed by atoms with E-state index >= 15 is 0 Å². The second kappa shape index (κ2) is 6.94. The summed E-state index contributed by atoms with van der Waals surface area (Å²) in [5.41, 5.74) is 3.41. The highest BCUT2D eigenvalue weighted by Crippen LogP contribution is 2.30. The largest absolute Gasteiger partial charge is 0.359 e. The van der Waals surface area contributed by atoms with E-state index in [4.69, 9.17) is 16.9 Å². The minimum absolute atomic E-state index is 0.0978. The van der Waals surface area contributed by atoms with Gasteiger partial charge in [-0.15, -0.1) is 0 Å². The molecule has 4 nitrogen and oxygen atoms in total. The predicted molar refractivity (Wildman–Crippen MR) is 96.4 cm³/mol. The lowest BCUT2D eigenvalue weighted by molar-refractivity contribution is -0.115. The number of fused-ring (bicyclic) bond motifs is 1. The van der Waals surface area contributed by atoms with Crippen LogP contribution < -0.4 is 10.2 Å². The van der Waals surface area contributed by atoms with Crippen molar-refractivity contribution in [3.05, 3.63) is 58.6 Å². The molecule has 1 aliphatic rings. The Morgan fingerprint density at radius 2 is 2.17 bits per heavy atom. The monoisotopic (exact) mass is 339 g/mol. The molecule has 24 heavy (non-hydrogen) atoms. The molecule has 1 heterocycles. The maximum absolute atomic E-state index is 12.4. The van der Waals surface area contributed by atoms with Crippen molar-refractivity contribution >= 4 is 28.9 Å². The number of hydrogen-bond acceptors (Lipinski definition) is 3. The summed E-state index contributed by atoms with van der Waals surface area (Å²) in [6.45, 7) is 2.43. The fourth-order valence-corrected chi connectivity index (χ4v) is 3.26. The van der Waals surface area contributed by atoms with Crippen molar-refractivity contribution in [1.29, 1.82) is 5.26 Å². The van der Waals surface area contributed by atoms with Crippen LogP contribution in [0.3, 0.4) is 0 Å². The van der Waals surface area contributed by atoms with Crippen molar-refractivity contribution in [3.63, 3.8) is 0 Å². The van der Waals surface area contributed by atoms with Crippen LogP contribution in [0.1, 0.15) is 24.5 Å². The van der Waals surface area contributed by atoms with Gasteiger partial charge in [0, 0.05) is 17.4 Å². The lowest BCUT2D eigenvalue weighted by Gasteiger charge is -2.36. The van der Waals surface area contributed by atoms with Crippen LogP contribution in [-0.2, 0) is 11.2 Å². The molecule has 0 saturated heterocycles. The average molecular weight is 340 g/mol. The van der Waals surface area contributed by atoms with Gasteiger partial charge in [0.25, 0.3) is 0 Å². The van der Waals surface area contributed by atoms with Crippen LogP contribution in [-0.4, -0.2) is 18.5 Å². The molecule has 1 aliphatic heterocycles. The van der Waals surface area contributed by atoms with E-state index in [-0.39, 0.29) is 12.5 Å². The van der Waals surface area contributed by atoms with Crippen LogP contribution in [0.5, 0.6) is 0 Å². The van der Waals surface area contributed by atoms with E-state index in [1.807, 2.05) is 18.2 Å². The van der Waals surface area contributed by atoms with Crippen molar-refractivity contribution in [3.8, 4) is 6.07 Å². The van der Waals surface area contributed by atoms with Crippen LogP contribution in [0, 0.1) is 11.3 Å². The fraction of sp³-hybridized carbons (Fsp3) is 0.263. The Hall–Kier alpha value is -2.51. The molecule has 3 rings (SSSR count). The van der Waals surface area contributed by atoms with Crippen LogP contribution in [0.4, 0.5) is 11.4 Å². The molecule has 0 radical (unpaired) electrons. The number of amides is 1. The van der Waals surface area contributed by atoms with Crippen molar-refractivity contribution in [2.75, 3.05) is 16.8 Å². The molecule has 1 amide bonds. The molecule has 1 atom stereocenters. The summed E-state index contributed by atoms with van der Waals surface area (Å²) in [7, 11) is 0. The van der Waals surface area contributed by atoms with Gasteiger partial charge in [0.2, 0.25) is 5.91 Å². The summed E-state index contributed by atoms with van der Waals surface area (Å²) in [5, 5.41) is 12.1. The first-order chi connectivity index (χ1) is 11.6. The average Bonchev–Trinajstić information content (AvgIpc) is 2.58. The fourth-order valence-electron chi connectivity index (χ4n) is 3.04. The Labute approximate surface area is 146 Å². The number of para-hydroxylation sites is 1. The van der Waals surface area contributed by atoms with Crippen LogP contribution in [0.2, 0.25) is 5.02 Å². The van der Waals surface area contributed by atoms with E-state index < -0.39 is 0 Å². The third kappa shape index (κ3) is 3.37. The molecule has 0 aromatic heterocycles. The summed E-state index contributed by atoms with van der Waals surface area (Å²) in [4.78, 5) is 14.6. The zero-order valence-corrected chi connectivity index (χ0v) is 14.2. The molecule has 5 heteroatoms. The molecule has 0 fully saturated rings. The SMILES string of the molecule is C[C@H]1CCc2ccccc2N1CC(=O)Nc1ccc(C#N)c(Cl)c1. The second-order valence-corrected chi connectivity index (χ2v) is 6.41. The summed E-state index contributed by atoms with van der Waals surface area (Å²) in [6.07, 6.45) is 2.08. The molecule has 0 saturated carbocycles. The van der Waals surface area contributed by atoms with Crippen molar-refractivity contribution in [2.24, 2.45) is 0 Å². The first-order valence-electron chi connectivity index (χ1n) is 7.92. The topological polar surface area (TPSA) is 56.1 Å². The summed E-state index contributed by atoms with van der Waals surface area (Å²) in [6, 6.07) is 15.4. The first-order valence-corrected chi connectivity index (χ1v) is 8.30. The summed E-state index contributed by atoms with van der Waals surface area (Å²) < 4.78 is 0. The van der Waals surface area contributed by atoms with Gasteiger partial charge < -0.3 is 10.2 Å². The number of anilines is 2. The van der Waals surface area contributed by atoms with Gasteiger partial charge in [0.05, 0.1) is 17.1 Å². The first kappa shape index (κ1) is 16.4. The number of aryl methyl sites for hydroxylation is 1. The Morgan fingerprint density at radius 1 is 1.38 bits per heavy atom. The lowest BCUT2D eigenvalue weighted by atomic mass is 9.96. The zero-order valence-electron chi connectivity index (χ0n) is 13.4. The minimum atomic E-state index is -0.0978. The van der Waals surface area contributed by atoms with Gasteiger partial charge in [-0.25, -0.2) is 0 Å². The standard InChI is InChI=1S/C19H18ClN3O/c1-13-6-7-14-4-2-3-5-18(14)23(13)12-19(24)22-16-9-8-15(11-21)17(20)10-16/h2-5,8-10,13H,6-7,12H2,1H3,(H,22,24)/t13-/m0/s1. The van der Waals surface area contributed by atoms with Crippen LogP contribution in [0.15, 0.2) is 42.5 Å². The molecular weight excluding hydrogens is 322 g/mol. The zero-order chi connectivity index (χ0) is 17.1. The number of nitrogens with zero attached hydrogens (tertiary/aromatic N) is 2. The van der Waals surface area contributed by atoms with E-state index in [0.29, 0.717) is 22.3 Å². The van der Waals surface area contributed by atoms with E-state index in [1.165, 1.54) is 5.56 Å². The maximum Gasteiger partial charge on any atom is 0.243 e. The third-order valence-corrected chi connectivity index (χ3v) is 4.66. The highest BCUT2D eigenvalue weighted by atomic mass is 35.5. The number of nitrogens with one attached hydrogen (secondary N) is 1. The Bertz CT molecular complexity index is 812. The van der Waals surface area contributed by atoms with Crippen LogP contribution >= 0.6 is 11.6 Å². The number of halogens is 1. The molecule has 0 bridgehead atoms. The number of carbonyl (C=O) groups excluding carboxylic acids is 1. The van der Waals surface area contributed by atoms with Gasteiger partial charge in [-0.05, 0) is 49.6 Å². The van der Waals surface area contributed by atoms with Gasteiger partial charge in [-0.2, -0.15) is 5.26 Å². The molecule has 2 aromatic carbocycles. The Balaban J connectivity index is 1.73. The van der Waals surface area contributed by atoms with Crippen LogP contribution in [0.25, 0.3) is 0 Å². The third-order valence-electron chi connectivity index (χ3n) is 4.35. The van der Waals surface area contributed by atoms with Gasteiger partial charge in [-0.1, -0.05) is 29.8 Å². The number of carbonyl (C=O) groups is 1. The van der Waals surface area contributed by atoms with Crippen molar-refractivity contribution in [2.45, 2.75) is 25.8 Å². The highest BCUT2D eigenvalue weighted by Gasteiger charge is 2.24. The Kier molecular flexibility index (Phi) is 4.73. The maximum atomic E-state index is 12.4. The predicted octanol–water partition coefficient (Wildman–Crippen LogP) is 3.99. The molecular formula is C19H18ClN3O. The van der Waals surface area contributed by atoms with E-state index in [9.17, 15) is 4.79 Å². The van der Waals surface area contributed by atoms with Crippen molar-refractivity contribution in [1.82, 2.24) is 0 Å². The van der Waals surface area contributed by atoms with E-state index in [0.717, 1.165) is 18.5 Å². The smallest absolute Gasteiger partial charge is 0.243 e. The Morgan fingerprint density at radius 3 is 2.92 bits per heavy atom. The lowest BCUT2D eigenvalue weighted by Crippen LogP contribution is -2.42. The minimum Gasteiger partial charge on any atom is -0.359 e. The molecule has 0 aliphatic carbocycles. The second-order valence-electron chi connectivity index (χ2n) is 6.00.